The minimum absolute atomic E-state index is 0.00820. The lowest BCUT2D eigenvalue weighted by Gasteiger charge is -2.30. The van der Waals surface area contributed by atoms with Crippen molar-refractivity contribution in [2.75, 3.05) is 5.73 Å². The molecule has 0 bridgehead atoms. The predicted molar refractivity (Wildman–Crippen MR) is 144 cm³/mol. The van der Waals surface area contributed by atoms with E-state index < -0.39 is 5.95 Å². The summed E-state index contributed by atoms with van der Waals surface area (Å²) in [5, 5.41) is 12.1. The Morgan fingerprint density at radius 2 is 2.16 bits per heavy atom. The molecular formula is C26H25ClFN9. The molecule has 1 saturated heterocycles. The molecule has 2 N–H and O–H groups in total. The van der Waals surface area contributed by atoms with Gasteiger partial charge in [-0.15, -0.1) is 5.10 Å². The van der Waals surface area contributed by atoms with Crippen LogP contribution in [0.5, 0.6) is 0 Å². The molecule has 9 nitrogen and oxygen atoms in total. The molecule has 188 valence electrons. The summed E-state index contributed by atoms with van der Waals surface area (Å²) in [6.45, 7) is 8.22. The van der Waals surface area contributed by atoms with Crippen molar-refractivity contribution in [3.63, 3.8) is 0 Å². The van der Waals surface area contributed by atoms with E-state index in [-0.39, 0.29) is 11.9 Å². The summed E-state index contributed by atoms with van der Waals surface area (Å²) in [4.78, 5) is 15.5. The van der Waals surface area contributed by atoms with Gasteiger partial charge in [0.05, 0.1) is 17.4 Å². The molecule has 2 aliphatic heterocycles. The minimum atomic E-state index is -0.597. The summed E-state index contributed by atoms with van der Waals surface area (Å²) < 4.78 is 15.9. The Kier molecular flexibility index (Phi) is 6.66. The third-order valence-corrected chi connectivity index (χ3v) is 6.66. The van der Waals surface area contributed by atoms with Crippen molar-refractivity contribution in [1.29, 1.82) is 0 Å². The fourth-order valence-electron chi connectivity index (χ4n) is 4.59. The number of nitrogens with two attached hydrogens (primary N) is 1. The van der Waals surface area contributed by atoms with Crippen molar-refractivity contribution in [3.8, 4) is 5.69 Å². The second kappa shape index (κ2) is 10.1. The lowest BCUT2D eigenvalue weighted by atomic mass is 10.1. The molecule has 0 saturated carbocycles. The van der Waals surface area contributed by atoms with Gasteiger partial charge in [-0.25, -0.2) is 9.98 Å². The predicted octanol–water partition coefficient (Wildman–Crippen LogP) is 5.08. The van der Waals surface area contributed by atoms with Crippen LogP contribution in [0.15, 0.2) is 71.2 Å². The highest BCUT2D eigenvalue weighted by Gasteiger charge is 2.35. The van der Waals surface area contributed by atoms with Gasteiger partial charge >= 0.3 is 0 Å². The normalized spacial score (nSPS) is 18.1. The van der Waals surface area contributed by atoms with Gasteiger partial charge in [-0.05, 0) is 72.2 Å². The van der Waals surface area contributed by atoms with Crippen molar-refractivity contribution in [2.45, 2.75) is 39.2 Å². The van der Waals surface area contributed by atoms with Gasteiger partial charge in [0.1, 0.15) is 18.0 Å². The molecule has 0 spiro atoms. The average molecular weight is 518 g/mol. The summed E-state index contributed by atoms with van der Waals surface area (Å²) in [6.07, 6.45) is 7.35. The number of hydrogen-bond acceptors (Lipinski definition) is 8. The van der Waals surface area contributed by atoms with Crippen LogP contribution in [0.1, 0.15) is 44.2 Å². The molecule has 5 rings (SSSR count). The first-order chi connectivity index (χ1) is 17.9. The van der Waals surface area contributed by atoms with Crippen LogP contribution in [-0.4, -0.2) is 47.7 Å². The van der Waals surface area contributed by atoms with Crippen molar-refractivity contribution in [1.82, 2.24) is 30.1 Å². The highest BCUT2D eigenvalue weighted by molar-refractivity contribution is 6.30. The highest BCUT2D eigenvalue weighted by atomic mass is 35.5. The van der Waals surface area contributed by atoms with Gasteiger partial charge in [-0.2, -0.15) is 9.07 Å². The van der Waals surface area contributed by atoms with E-state index in [1.54, 1.807) is 29.1 Å². The van der Waals surface area contributed by atoms with E-state index >= 15 is 0 Å². The Morgan fingerprint density at radius 3 is 2.89 bits per heavy atom. The molecule has 0 aliphatic carbocycles. The zero-order valence-corrected chi connectivity index (χ0v) is 21.2. The Hall–Kier alpha value is -4.18. The molecule has 2 aromatic heterocycles. The lowest BCUT2D eigenvalue weighted by molar-refractivity contribution is 0.501. The summed E-state index contributed by atoms with van der Waals surface area (Å²) in [6, 6.07) is 8.70. The fourth-order valence-corrected chi connectivity index (χ4v) is 4.77. The van der Waals surface area contributed by atoms with E-state index in [1.807, 2.05) is 32.1 Å². The first kappa shape index (κ1) is 24.5. The number of pyridine rings is 1. The monoisotopic (exact) mass is 517 g/mol. The van der Waals surface area contributed by atoms with E-state index in [0.29, 0.717) is 17.0 Å². The van der Waals surface area contributed by atoms with E-state index in [2.05, 4.69) is 32.0 Å². The fraction of sp³-hybridized carbons (Fsp3) is 0.231. The molecule has 1 atom stereocenters. The molecule has 1 fully saturated rings. The van der Waals surface area contributed by atoms with Crippen molar-refractivity contribution in [2.24, 2.45) is 9.98 Å². The third kappa shape index (κ3) is 4.79. The maximum atomic E-state index is 14.4. The third-order valence-electron chi connectivity index (χ3n) is 6.43. The first-order valence-corrected chi connectivity index (χ1v) is 12.2. The van der Waals surface area contributed by atoms with Gasteiger partial charge in [-0.3, -0.25) is 4.99 Å². The van der Waals surface area contributed by atoms with Crippen LogP contribution >= 0.6 is 11.6 Å². The number of amidine groups is 1. The number of benzene rings is 1. The standard InChI is InChI=1S/C26H25ClFN9/c1-4-17(19-6-9-24(29)33-26(19)28)13-30-16(3)22-8-10-25-32-21(11-15(2)37(22)25)20-12-18(27)5-7-23(20)36-14-31-34-35-36/h5-7,9,11-14,22H,2,4,8,10H2,1,3H3,(H2,29,33)/b17-13+,30-16?. The van der Waals surface area contributed by atoms with Gasteiger partial charge in [0.25, 0.3) is 0 Å². The number of fused-ring (bicyclic) bond motifs is 1. The molecular weight excluding hydrogens is 493 g/mol. The molecule has 2 aliphatic rings. The molecule has 3 aromatic rings. The Balaban J connectivity index is 1.43. The molecule has 1 aromatic carbocycles. The SMILES string of the molecule is C=C1C=C(c2cc(Cl)ccc2-n2cnnn2)N=C2CCC(C(C)=N/C=C(\CC)c3ccc(N)nc3F)N12. The lowest BCUT2D eigenvalue weighted by Crippen LogP contribution is -2.37. The van der Waals surface area contributed by atoms with E-state index in [4.69, 9.17) is 27.3 Å². The van der Waals surface area contributed by atoms with Crippen LogP contribution < -0.4 is 5.73 Å². The molecule has 37 heavy (non-hydrogen) atoms. The van der Waals surface area contributed by atoms with Gasteiger partial charge in [0.2, 0.25) is 5.95 Å². The van der Waals surface area contributed by atoms with Crippen LogP contribution in [0.4, 0.5) is 10.2 Å². The topological polar surface area (TPSA) is 110 Å². The number of aromatic nitrogens is 5. The molecule has 0 radical (unpaired) electrons. The van der Waals surface area contributed by atoms with Crippen molar-refractivity contribution >= 4 is 40.2 Å². The number of halogens is 2. The maximum Gasteiger partial charge on any atom is 0.222 e. The largest absolute Gasteiger partial charge is 0.384 e. The number of nitrogen functional groups attached to an aromatic ring is 1. The molecule has 0 amide bonds. The average Bonchev–Trinajstić information content (AvgIpc) is 3.56. The zero-order chi connectivity index (χ0) is 26.1. The highest BCUT2D eigenvalue weighted by Crippen LogP contribution is 2.36. The van der Waals surface area contributed by atoms with Crippen LogP contribution in [0.25, 0.3) is 17.0 Å². The summed E-state index contributed by atoms with van der Waals surface area (Å²) in [5.41, 5.74) is 10.7. The van der Waals surface area contributed by atoms with Gasteiger partial charge in [-0.1, -0.05) is 25.1 Å². The molecule has 4 heterocycles. The zero-order valence-electron chi connectivity index (χ0n) is 20.4. The second-order valence-corrected chi connectivity index (χ2v) is 9.18. The Bertz CT molecular complexity index is 1490. The number of hydrogen-bond donors (Lipinski definition) is 1. The minimum Gasteiger partial charge on any atom is -0.384 e. The maximum absolute atomic E-state index is 14.4. The number of aliphatic imine (C=N–C) groups is 2. The Morgan fingerprint density at radius 1 is 1.32 bits per heavy atom. The van der Waals surface area contributed by atoms with Crippen LogP contribution in [-0.2, 0) is 0 Å². The van der Waals surface area contributed by atoms with Gasteiger partial charge in [0, 0.05) is 40.2 Å². The summed E-state index contributed by atoms with van der Waals surface area (Å²) in [5.74, 6) is 0.451. The smallest absolute Gasteiger partial charge is 0.222 e. The van der Waals surface area contributed by atoms with Gasteiger partial charge < -0.3 is 10.6 Å². The number of tetrazole rings is 1. The van der Waals surface area contributed by atoms with E-state index in [9.17, 15) is 4.39 Å². The summed E-state index contributed by atoms with van der Waals surface area (Å²) >= 11 is 6.32. The van der Waals surface area contributed by atoms with Crippen LogP contribution in [0, 0.1) is 5.95 Å². The quantitative estimate of drug-likeness (QED) is 0.361. The van der Waals surface area contributed by atoms with Crippen LogP contribution in [0.3, 0.4) is 0 Å². The number of anilines is 1. The first-order valence-electron chi connectivity index (χ1n) is 11.8. The molecule has 11 heteroatoms. The van der Waals surface area contributed by atoms with E-state index in [1.165, 1.54) is 6.33 Å². The second-order valence-electron chi connectivity index (χ2n) is 8.74. The van der Waals surface area contributed by atoms with Crippen molar-refractivity contribution in [3.05, 3.63) is 83.3 Å². The number of rotatable bonds is 6. The van der Waals surface area contributed by atoms with E-state index in [0.717, 1.165) is 52.6 Å². The van der Waals surface area contributed by atoms with Gasteiger partial charge in [0.15, 0.2) is 0 Å². The summed E-state index contributed by atoms with van der Waals surface area (Å²) in [7, 11) is 0. The number of nitrogens with zero attached hydrogens (tertiary/aromatic N) is 8. The van der Waals surface area contributed by atoms with Crippen LogP contribution in [0.2, 0.25) is 5.02 Å². The number of allylic oxidation sites excluding steroid dienone is 2. The Labute approximate surface area is 218 Å². The van der Waals surface area contributed by atoms with Crippen molar-refractivity contribution < 1.29 is 4.39 Å². The molecule has 1 unspecified atom stereocenters.